The van der Waals surface area contributed by atoms with Crippen LogP contribution in [-0.2, 0) is 16.1 Å². The molecule has 106 valence electrons. The van der Waals surface area contributed by atoms with Crippen molar-refractivity contribution in [3.63, 3.8) is 0 Å². The first-order chi connectivity index (χ1) is 9.69. The molecule has 2 rings (SSSR count). The molecule has 0 unspecified atom stereocenters. The summed E-state index contributed by atoms with van der Waals surface area (Å²) in [6, 6.07) is 7.52. The molecule has 1 amide bonds. The number of carbonyl (C=O) groups is 1. The van der Waals surface area contributed by atoms with Gasteiger partial charge in [-0.15, -0.1) is 0 Å². The Bertz CT molecular complexity index is 563. The van der Waals surface area contributed by atoms with Crippen molar-refractivity contribution in [1.82, 2.24) is 10.2 Å². The lowest BCUT2D eigenvalue weighted by Crippen LogP contribution is -2.16. The quantitative estimate of drug-likeness (QED) is 0.752. The maximum atomic E-state index is 11.4. The van der Waals surface area contributed by atoms with Crippen molar-refractivity contribution in [3.05, 3.63) is 41.7 Å². The standard InChI is InChI=1S/C14H18N4O2/c1-10-11(8-16-18-10)7-15-12-3-5-13(6-4-12)17-14(19)9-20-2/h3-6,8,15H,7,9H2,1-2H3,(H,16,18)(H,17,19). The second-order valence-electron chi connectivity index (χ2n) is 4.43. The van der Waals surface area contributed by atoms with Crippen molar-refractivity contribution in [3.8, 4) is 0 Å². The van der Waals surface area contributed by atoms with Crippen molar-refractivity contribution in [2.24, 2.45) is 0 Å². The third-order valence-electron chi connectivity index (χ3n) is 2.86. The van der Waals surface area contributed by atoms with E-state index in [0.717, 1.165) is 22.6 Å². The number of hydrogen-bond acceptors (Lipinski definition) is 4. The Kier molecular flexibility index (Phi) is 4.73. The van der Waals surface area contributed by atoms with Gasteiger partial charge in [0.1, 0.15) is 6.61 Å². The zero-order chi connectivity index (χ0) is 14.4. The topological polar surface area (TPSA) is 79.0 Å². The van der Waals surface area contributed by atoms with Gasteiger partial charge in [-0.1, -0.05) is 0 Å². The summed E-state index contributed by atoms with van der Waals surface area (Å²) in [5, 5.41) is 12.9. The Hall–Kier alpha value is -2.34. The summed E-state index contributed by atoms with van der Waals surface area (Å²) in [7, 11) is 1.49. The fraction of sp³-hybridized carbons (Fsp3) is 0.286. The van der Waals surface area contributed by atoms with Crippen LogP contribution in [-0.4, -0.2) is 29.8 Å². The molecule has 1 aromatic carbocycles. The van der Waals surface area contributed by atoms with E-state index in [1.165, 1.54) is 7.11 Å². The van der Waals surface area contributed by atoms with Crippen LogP contribution < -0.4 is 10.6 Å². The van der Waals surface area contributed by atoms with E-state index in [0.29, 0.717) is 6.54 Å². The zero-order valence-electron chi connectivity index (χ0n) is 11.6. The maximum absolute atomic E-state index is 11.4. The maximum Gasteiger partial charge on any atom is 0.250 e. The Morgan fingerprint density at radius 2 is 2.00 bits per heavy atom. The van der Waals surface area contributed by atoms with Crippen molar-refractivity contribution in [1.29, 1.82) is 0 Å². The first-order valence-corrected chi connectivity index (χ1v) is 6.30. The summed E-state index contributed by atoms with van der Waals surface area (Å²) in [5.41, 5.74) is 3.91. The number of H-pyrrole nitrogens is 1. The lowest BCUT2D eigenvalue weighted by atomic mass is 10.2. The van der Waals surface area contributed by atoms with Gasteiger partial charge in [0, 0.05) is 36.3 Å². The molecule has 0 atom stereocenters. The highest BCUT2D eigenvalue weighted by Crippen LogP contribution is 2.15. The number of aryl methyl sites for hydroxylation is 1. The second kappa shape index (κ2) is 6.72. The van der Waals surface area contributed by atoms with E-state index in [1.807, 2.05) is 37.4 Å². The fourth-order valence-corrected chi connectivity index (χ4v) is 1.75. The minimum atomic E-state index is -0.165. The summed E-state index contributed by atoms with van der Waals surface area (Å²) in [5.74, 6) is -0.165. The molecule has 0 saturated carbocycles. The van der Waals surface area contributed by atoms with Crippen molar-refractivity contribution in [2.75, 3.05) is 24.4 Å². The van der Waals surface area contributed by atoms with Crippen LogP contribution >= 0.6 is 0 Å². The van der Waals surface area contributed by atoms with Crippen LogP contribution in [0.1, 0.15) is 11.3 Å². The van der Waals surface area contributed by atoms with E-state index >= 15 is 0 Å². The largest absolute Gasteiger partial charge is 0.381 e. The first kappa shape index (κ1) is 14.1. The number of ether oxygens (including phenoxy) is 1. The Balaban J connectivity index is 1.88. The normalized spacial score (nSPS) is 10.3. The van der Waals surface area contributed by atoms with Crippen LogP contribution in [0.5, 0.6) is 0 Å². The molecule has 0 bridgehead atoms. The van der Waals surface area contributed by atoms with Crippen molar-refractivity contribution in [2.45, 2.75) is 13.5 Å². The van der Waals surface area contributed by atoms with E-state index in [1.54, 1.807) is 0 Å². The van der Waals surface area contributed by atoms with Gasteiger partial charge in [-0.3, -0.25) is 9.89 Å². The van der Waals surface area contributed by atoms with Crippen molar-refractivity contribution < 1.29 is 9.53 Å². The number of benzene rings is 1. The average molecular weight is 274 g/mol. The summed E-state index contributed by atoms with van der Waals surface area (Å²) >= 11 is 0. The van der Waals surface area contributed by atoms with E-state index in [4.69, 9.17) is 4.74 Å². The molecule has 0 aliphatic carbocycles. The van der Waals surface area contributed by atoms with Gasteiger partial charge in [-0.2, -0.15) is 5.10 Å². The van der Waals surface area contributed by atoms with Crippen LogP contribution in [0, 0.1) is 6.92 Å². The molecule has 0 radical (unpaired) electrons. The van der Waals surface area contributed by atoms with Crippen LogP contribution in [0.2, 0.25) is 0 Å². The molecular weight excluding hydrogens is 256 g/mol. The molecule has 20 heavy (non-hydrogen) atoms. The molecule has 0 saturated heterocycles. The molecule has 0 aliphatic heterocycles. The van der Waals surface area contributed by atoms with Crippen LogP contribution in [0.25, 0.3) is 0 Å². The van der Waals surface area contributed by atoms with Crippen LogP contribution in [0.3, 0.4) is 0 Å². The van der Waals surface area contributed by atoms with Gasteiger partial charge in [0.2, 0.25) is 5.91 Å². The van der Waals surface area contributed by atoms with Gasteiger partial charge < -0.3 is 15.4 Å². The smallest absolute Gasteiger partial charge is 0.250 e. The summed E-state index contributed by atoms with van der Waals surface area (Å²) in [4.78, 5) is 11.4. The number of methoxy groups -OCH3 is 1. The lowest BCUT2D eigenvalue weighted by molar-refractivity contribution is -0.119. The number of aromatic nitrogens is 2. The zero-order valence-corrected chi connectivity index (χ0v) is 11.6. The molecule has 3 N–H and O–H groups in total. The Morgan fingerprint density at radius 3 is 2.60 bits per heavy atom. The third-order valence-corrected chi connectivity index (χ3v) is 2.86. The average Bonchev–Trinajstić information content (AvgIpc) is 2.84. The number of aromatic amines is 1. The van der Waals surface area contributed by atoms with Crippen LogP contribution in [0.4, 0.5) is 11.4 Å². The molecule has 0 spiro atoms. The van der Waals surface area contributed by atoms with Gasteiger partial charge in [-0.05, 0) is 31.2 Å². The number of anilines is 2. The van der Waals surface area contributed by atoms with E-state index in [-0.39, 0.29) is 12.5 Å². The summed E-state index contributed by atoms with van der Waals surface area (Å²) in [6.45, 7) is 2.75. The van der Waals surface area contributed by atoms with Gasteiger partial charge in [0.25, 0.3) is 0 Å². The fourth-order valence-electron chi connectivity index (χ4n) is 1.75. The number of nitrogens with one attached hydrogen (secondary N) is 3. The van der Waals surface area contributed by atoms with Gasteiger partial charge in [-0.25, -0.2) is 0 Å². The molecular formula is C14H18N4O2. The Morgan fingerprint density at radius 1 is 1.30 bits per heavy atom. The molecule has 1 heterocycles. The Labute approximate surface area is 117 Å². The van der Waals surface area contributed by atoms with E-state index in [9.17, 15) is 4.79 Å². The highest BCUT2D eigenvalue weighted by atomic mass is 16.5. The number of rotatable bonds is 6. The number of carbonyl (C=O) groups excluding carboxylic acids is 1. The monoisotopic (exact) mass is 274 g/mol. The minimum absolute atomic E-state index is 0.0553. The third kappa shape index (κ3) is 3.83. The second-order valence-corrected chi connectivity index (χ2v) is 4.43. The van der Waals surface area contributed by atoms with Gasteiger partial charge in [0.05, 0.1) is 6.20 Å². The molecule has 6 heteroatoms. The van der Waals surface area contributed by atoms with Gasteiger partial charge >= 0.3 is 0 Å². The van der Waals surface area contributed by atoms with E-state index < -0.39 is 0 Å². The van der Waals surface area contributed by atoms with E-state index in [2.05, 4.69) is 20.8 Å². The number of nitrogens with zero attached hydrogens (tertiary/aromatic N) is 1. The van der Waals surface area contributed by atoms with Gasteiger partial charge in [0.15, 0.2) is 0 Å². The highest BCUT2D eigenvalue weighted by Gasteiger charge is 2.02. The summed E-state index contributed by atoms with van der Waals surface area (Å²) < 4.78 is 4.76. The predicted molar refractivity (Wildman–Crippen MR) is 77.6 cm³/mol. The number of amides is 1. The van der Waals surface area contributed by atoms with Crippen molar-refractivity contribution >= 4 is 17.3 Å². The molecule has 1 aromatic heterocycles. The SMILES string of the molecule is COCC(=O)Nc1ccc(NCc2cn[nH]c2C)cc1. The first-order valence-electron chi connectivity index (χ1n) is 6.30. The minimum Gasteiger partial charge on any atom is -0.381 e. The highest BCUT2D eigenvalue weighted by molar-refractivity contribution is 5.91. The molecule has 0 aliphatic rings. The summed E-state index contributed by atoms with van der Waals surface area (Å²) in [6.07, 6.45) is 1.81. The lowest BCUT2D eigenvalue weighted by Gasteiger charge is -2.08. The van der Waals surface area contributed by atoms with Crippen LogP contribution in [0.15, 0.2) is 30.5 Å². The predicted octanol–water partition coefficient (Wildman–Crippen LogP) is 1.92. The molecule has 2 aromatic rings. The molecule has 0 fully saturated rings. The molecule has 6 nitrogen and oxygen atoms in total. The number of hydrogen-bond donors (Lipinski definition) is 3.